The van der Waals surface area contributed by atoms with Gasteiger partial charge in [0.15, 0.2) is 0 Å². The van der Waals surface area contributed by atoms with Crippen LogP contribution in [0.5, 0.6) is 0 Å². The van der Waals surface area contributed by atoms with E-state index in [2.05, 4.69) is 40.8 Å². The SMILES string of the molecule is Cc1nc(-c2ccn[nH]2)c(-c2ccn[nH]2)c(C(Cl)c2ccn[nH]2)c1-c1ccn[nH]1. The van der Waals surface area contributed by atoms with Gasteiger partial charge in [0.2, 0.25) is 0 Å². The second-order valence-electron chi connectivity index (χ2n) is 6.49. The zero-order chi connectivity index (χ0) is 19.8. The molecular weight excluding hydrogens is 390 g/mol. The maximum Gasteiger partial charge on any atom is 0.101 e. The molecule has 0 aliphatic heterocycles. The fraction of sp³-hybridized carbons (Fsp3) is 0.105. The Morgan fingerprint density at radius 1 is 0.724 bits per heavy atom. The number of aryl methyl sites for hydroxylation is 1. The molecule has 5 aromatic heterocycles. The Morgan fingerprint density at radius 3 is 1.83 bits per heavy atom. The highest BCUT2D eigenvalue weighted by atomic mass is 35.5. The third-order valence-electron chi connectivity index (χ3n) is 4.76. The molecule has 0 spiro atoms. The van der Waals surface area contributed by atoms with Crippen LogP contribution in [0.2, 0.25) is 0 Å². The topological polar surface area (TPSA) is 128 Å². The van der Waals surface area contributed by atoms with Crippen LogP contribution in [-0.2, 0) is 0 Å². The average Bonchev–Trinajstić information content (AvgIpc) is 3.53. The van der Waals surface area contributed by atoms with Crippen molar-refractivity contribution in [2.24, 2.45) is 0 Å². The Morgan fingerprint density at radius 2 is 1.28 bits per heavy atom. The van der Waals surface area contributed by atoms with Gasteiger partial charge in [-0.3, -0.25) is 25.4 Å². The van der Waals surface area contributed by atoms with Crippen LogP contribution in [0.4, 0.5) is 0 Å². The summed E-state index contributed by atoms with van der Waals surface area (Å²) < 4.78 is 0. The molecule has 5 heterocycles. The van der Waals surface area contributed by atoms with Gasteiger partial charge in [0.25, 0.3) is 0 Å². The second-order valence-corrected chi connectivity index (χ2v) is 6.93. The number of nitrogens with zero attached hydrogens (tertiary/aromatic N) is 5. The summed E-state index contributed by atoms with van der Waals surface area (Å²) in [6.45, 7) is 1.95. The molecule has 0 aromatic carbocycles. The minimum Gasteiger partial charge on any atom is -0.281 e. The van der Waals surface area contributed by atoms with Crippen molar-refractivity contribution >= 4 is 11.6 Å². The van der Waals surface area contributed by atoms with Gasteiger partial charge in [-0.05, 0) is 36.8 Å². The number of nitrogens with one attached hydrogen (secondary N) is 4. The Kier molecular flexibility index (Phi) is 4.21. The molecule has 5 rings (SSSR count). The van der Waals surface area contributed by atoms with Crippen LogP contribution in [0.3, 0.4) is 0 Å². The third kappa shape index (κ3) is 2.92. The van der Waals surface area contributed by atoms with Gasteiger partial charge < -0.3 is 0 Å². The van der Waals surface area contributed by atoms with Gasteiger partial charge in [0, 0.05) is 41.6 Å². The Bertz CT molecular complexity index is 1210. The average molecular weight is 406 g/mol. The van der Waals surface area contributed by atoms with Gasteiger partial charge in [-0.25, -0.2) is 0 Å². The van der Waals surface area contributed by atoms with E-state index in [1.54, 1.807) is 24.8 Å². The van der Waals surface area contributed by atoms with Gasteiger partial charge in [-0.15, -0.1) is 11.6 Å². The number of aromatic amines is 4. The predicted octanol–water partition coefficient (Wildman–Crippen LogP) is 3.61. The maximum absolute atomic E-state index is 7.03. The molecule has 0 radical (unpaired) electrons. The first-order chi connectivity index (χ1) is 14.2. The van der Waals surface area contributed by atoms with Gasteiger partial charge in [0.1, 0.15) is 5.38 Å². The summed E-state index contributed by atoms with van der Waals surface area (Å²) in [6.07, 6.45) is 6.78. The molecule has 5 aromatic rings. The minimum absolute atomic E-state index is 0.516. The Labute approximate surface area is 170 Å². The highest BCUT2D eigenvalue weighted by molar-refractivity contribution is 6.23. The van der Waals surface area contributed by atoms with E-state index >= 15 is 0 Å². The van der Waals surface area contributed by atoms with Gasteiger partial charge in [-0.1, -0.05) is 0 Å². The van der Waals surface area contributed by atoms with Gasteiger partial charge in [0.05, 0.1) is 28.5 Å². The normalized spacial score (nSPS) is 12.3. The molecule has 0 fully saturated rings. The first kappa shape index (κ1) is 17.4. The molecule has 1 unspecified atom stereocenters. The molecule has 0 aliphatic carbocycles. The smallest absolute Gasteiger partial charge is 0.101 e. The number of aromatic nitrogens is 9. The number of halogens is 1. The van der Waals surface area contributed by atoms with Crippen molar-refractivity contribution in [1.29, 1.82) is 0 Å². The van der Waals surface area contributed by atoms with E-state index in [0.717, 1.165) is 50.9 Å². The molecule has 29 heavy (non-hydrogen) atoms. The van der Waals surface area contributed by atoms with E-state index in [9.17, 15) is 0 Å². The van der Waals surface area contributed by atoms with Gasteiger partial charge >= 0.3 is 0 Å². The van der Waals surface area contributed by atoms with Gasteiger partial charge in [-0.2, -0.15) is 20.4 Å². The summed E-state index contributed by atoms with van der Waals surface area (Å²) >= 11 is 7.03. The number of pyridine rings is 1. The van der Waals surface area contributed by atoms with E-state index in [1.807, 2.05) is 31.2 Å². The van der Waals surface area contributed by atoms with Crippen LogP contribution in [-0.4, -0.2) is 45.8 Å². The number of hydrogen-bond acceptors (Lipinski definition) is 5. The van der Waals surface area contributed by atoms with Crippen LogP contribution in [0, 0.1) is 6.92 Å². The third-order valence-corrected chi connectivity index (χ3v) is 5.21. The summed E-state index contributed by atoms with van der Waals surface area (Å²) in [5, 5.41) is 28.0. The standard InChI is InChI=1S/C19H16ClN9/c1-10-15(11-2-6-21-26-11)17(18(20)13-4-8-23-28-13)16(12-3-7-22-27-12)19(25-10)14-5-9-24-29-14/h2-9,18H,1H3,(H,21,26)(H,22,27)(H,23,28)(H,24,29). The fourth-order valence-electron chi connectivity index (χ4n) is 3.53. The molecule has 1 atom stereocenters. The highest BCUT2D eigenvalue weighted by Gasteiger charge is 2.29. The maximum atomic E-state index is 7.03. The van der Waals surface area contributed by atoms with Crippen molar-refractivity contribution in [3.8, 4) is 33.9 Å². The summed E-state index contributed by atoms with van der Waals surface area (Å²) in [6, 6.07) is 7.53. The number of alkyl halides is 1. The quantitative estimate of drug-likeness (QED) is 0.332. The van der Waals surface area contributed by atoms with Crippen molar-refractivity contribution in [3.63, 3.8) is 0 Å². The van der Waals surface area contributed by atoms with Crippen molar-refractivity contribution in [1.82, 2.24) is 45.8 Å². The van der Waals surface area contributed by atoms with Crippen LogP contribution in [0.1, 0.15) is 22.3 Å². The van der Waals surface area contributed by atoms with Crippen molar-refractivity contribution in [3.05, 3.63) is 66.0 Å². The second kappa shape index (κ2) is 7.02. The number of hydrogen-bond donors (Lipinski definition) is 4. The minimum atomic E-state index is -0.516. The molecule has 0 aliphatic rings. The fourth-order valence-corrected chi connectivity index (χ4v) is 3.87. The lowest BCUT2D eigenvalue weighted by molar-refractivity contribution is 0.967. The molecular formula is C19H16ClN9. The zero-order valence-corrected chi connectivity index (χ0v) is 16.1. The van der Waals surface area contributed by atoms with E-state index < -0.39 is 5.38 Å². The van der Waals surface area contributed by atoms with Crippen LogP contribution in [0.15, 0.2) is 49.1 Å². The first-order valence-corrected chi connectivity index (χ1v) is 9.34. The van der Waals surface area contributed by atoms with E-state index in [1.165, 1.54) is 0 Å². The monoisotopic (exact) mass is 405 g/mol. The molecule has 10 heteroatoms. The summed E-state index contributed by atoms with van der Waals surface area (Å²) in [5.41, 5.74) is 7.28. The predicted molar refractivity (Wildman–Crippen MR) is 108 cm³/mol. The summed E-state index contributed by atoms with van der Waals surface area (Å²) in [4.78, 5) is 4.90. The molecule has 4 N–H and O–H groups in total. The molecule has 9 nitrogen and oxygen atoms in total. The molecule has 0 saturated carbocycles. The van der Waals surface area contributed by atoms with E-state index in [-0.39, 0.29) is 0 Å². The van der Waals surface area contributed by atoms with E-state index in [0.29, 0.717) is 0 Å². The summed E-state index contributed by atoms with van der Waals surface area (Å²) in [5.74, 6) is 0. The molecule has 0 saturated heterocycles. The Hall–Kier alpha value is -3.72. The lowest BCUT2D eigenvalue weighted by atomic mass is 9.90. The lowest BCUT2D eigenvalue weighted by Crippen LogP contribution is -2.07. The first-order valence-electron chi connectivity index (χ1n) is 8.91. The zero-order valence-electron chi connectivity index (χ0n) is 15.3. The highest BCUT2D eigenvalue weighted by Crippen LogP contribution is 2.45. The van der Waals surface area contributed by atoms with Crippen LogP contribution < -0.4 is 0 Å². The van der Waals surface area contributed by atoms with Crippen molar-refractivity contribution < 1.29 is 0 Å². The van der Waals surface area contributed by atoms with Crippen molar-refractivity contribution in [2.75, 3.05) is 0 Å². The number of H-pyrrole nitrogens is 4. The largest absolute Gasteiger partial charge is 0.281 e. The van der Waals surface area contributed by atoms with E-state index in [4.69, 9.17) is 16.6 Å². The van der Waals surface area contributed by atoms with Crippen LogP contribution in [0.25, 0.3) is 33.9 Å². The van der Waals surface area contributed by atoms with Crippen LogP contribution >= 0.6 is 11.6 Å². The van der Waals surface area contributed by atoms with Crippen molar-refractivity contribution in [2.45, 2.75) is 12.3 Å². The molecule has 0 bridgehead atoms. The Balaban J connectivity index is 1.90. The summed E-state index contributed by atoms with van der Waals surface area (Å²) in [7, 11) is 0. The molecule has 144 valence electrons. The lowest BCUT2D eigenvalue weighted by Gasteiger charge is -2.21. The molecule has 0 amide bonds. The number of rotatable bonds is 5.